The summed E-state index contributed by atoms with van der Waals surface area (Å²) in [5.74, 6) is -2.95. The first-order chi connectivity index (χ1) is 13.1. The van der Waals surface area contributed by atoms with E-state index in [-0.39, 0.29) is 12.0 Å². The van der Waals surface area contributed by atoms with E-state index in [0.717, 1.165) is 5.65 Å². The molecule has 12 heteroatoms. The lowest BCUT2D eigenvalue weighted by Crippen LogP contribution is -2.36. The Morgan fingerprint density at radius 2 is 2.04 bits per heavy atom. The lowest BCUT2D eigenvalue weighted by Gasteiger charge is -2.12. The van der Waals surface area contributed by atoms with Gasteiger partial charge in [-0.15, -0.1) is 0 Å². The average Bonchev–Trinajstić information content (AvgIpc) is 3.16. The van der Waals surface area contributed by atoms with Gasteiger partial charge in [0.2, 0.25) is 0 Å². The third kappa shape index (κ3) is 5.11. The van der Waals surface area contributed by atoms with Crippen LogP contribution >= 0.6 is 0 Å². The molecule has 3 heterocycles. The molecule has 2 aromatic heterocycles. The third-order valence-corrected chi connectivity index (χ3v) is 3.67. The van der Waals surface area contributed by atoms with Gasteiger partial charge < -0.3 is 20.1 Å². The predicted molar refractivity (Wildman–Crippen MR) is 88.9 cm³/mol. The van der Waals surface area contributed by atoms with Gasteiger partial charge in [-0.1, -0.05) is 6.07 Å². The Bertz CT molecular complexity index is 881. The molecule has 0 saturated carbocycles. The number of pyridine rings is 1. The number of imidazole rings is 1. The highest BCUT2D eigenvalue weighted by molar-refractivity contribution is 5.94. The number of aliphatic carboxylic acids is 1. The molecule has 9 nitrogen and oxygen atoms in total. The SMILES string of the molecule is Cc1nc2ccccn2c1C(=O)NCCN1CCOC1=O.O=C(O)C(F)(F)F. The van der Waals surface area contributed by atoms with Crippen LogP contribution in [0.25, 0.3) is 5.65 Å². The number of carbonyl (C=O) groups excluding carboxylic acids is 2. The lowest BCUT2D eigenvalue weighted by atomic mass is 10.3. The van der Waals surface area contributed by atoms with Gasteiger partial charge >= 0.3 is 18.2 Å². The minimum atomic E-state index is -5.08. The molecule has 2 amide bonds. The van der Waals surface area contributed by atoms with E-state index >= 15 is 0 Å². The van der Waals surface area contributed by atoms with Crippen LogP contribution in [0.4, 0.5) is 18.0 Å². The number of alkyl halides is 3. The number of carboxylic acids is 1. The molecule has 1 aliphatic heterocycles. The van der Waals surface area contributed by atoms with Gasteiger partial charge in [0.15, 0.2) is 0 Å². The summed E-state index contributed by atoms with van der Waals surface area (Å²) in [7, 11) is 0. The van der Waals surface area contributed by atoms with E-state index in [9.17, 15) is 22.8 Å². The molecule has 0 bridgehead atoms. The van der Waals surface area contributed by atoms with E-state index in [2.05, 4.69) is 10.3 Å². The van der Waals surface area contributed by atoms with Gasteiger partial charge in [-0.2, -0.15) is 13.2 Å². The number of ether oxygens (including phenoxy) is 1. The number of halogens is 3. The maximum absolute atomic E-state index is 12.3. The number of nitrogens with one attached hydrogen (secondary N) is 1. The van der Waals surface area contributed by atoms with Gasteiger partial charge in [-0.25, -0.2) is 14.6 Å². The van der Waals surface area contributed by atoms with Crippen molar-refractivity contribution in [2.75, 3.05) is 26.2 Å². The minimum Gasteiger partial charge on any atom is -0.475 e. The zero-order valence-corrected chi connectivity index (χ0v) is 14.7. The zero-order valence-electron chi connectivity index (χ0n) is 14.7. The Balaban J connectivity index is 0.000000345. The Kier molecular flexibility index (Phi) is 6.44. The van der Waals surface area contributed by atoms with Crippen LogP contribution in [0.1, 0.15) is 16.2 Å². The van der Waals surface area contributed by atoms with Gasteiger partial charge in [-0.3, -0.25) is 9.20 Å². The molecule has 0 aliphatic carbocycles. The van der Waals surface area contributed by atoms with Crippen molar-refractivity contribution >= 4 is 23.6 Å². The molecule has 3 rings (SSSR count). The zero-order chi connectivity index (χ0) is 20.9. The van der Waals surface area contributed by atoms with Crippen molar-refractivity contribution in [1.82, 2.24) is 19.6 Å². The van der Waals surface area contributed by atoms with E-state index in [1.807, 2.05) is 24.4 Å². The van der Waals surface area contributed by atoms with Crippen molar-refractivity contribution in [2.45, 2.75) is 13.1 Å². The number of carboxylic acid groups (broad SMARTS) is 1. The molecule has 0 atom stereocenters. The number of cyclic esters (lactones) is 1. The molecular formula is C16H17F3N4O5. The van der Waals surface area contributed by atoms with Crippen LogP contribution in [-0.4, -0.2) is 69.8 Å². The molecule has 0 unspecified atom stereocenters. The van der Waals surface area contributed by atoms with E-state index in [0.29, 0.717) is 37.6 Å². The second kappa shape index (κ2) is 8.59. The van der Waals surface area contributed by atoms with Gasteiger partial charge in [-0.05, 0) is 19.1 Å². The molecule has 28 heavy (non-hydrogen) atoms. The van der Waals surface area contributed by atoms with E-state index in [1.54, 1.807) is 16.2 Å². The summed E-state index contributed by atoms with van der Waals surface area (Å²) in [6, 6.07) is 5.58. The number of carbonyl (C=O) groups is 3. The van der Waals surface area contributed by atoms with Crippen LogP contribution in [-0.2, 0) is 9.53 Å². The molecule has 0 radical (unpaired) electrons. The number of nitrogens with zero attached hydrogens (tertiary/aromatic N) is 3. The second-order valence-corrected chi connectivity index (χ2v) is 5.63. The maximum atomic E-state index is 12.3. The Labute approximate surface area is 156 Å². The standard InChI is InChI=1S/C14H16N4O3.C2HF3O2/c1-10-12(18-6-3-2-4-11(18)16-10)13(19)15-5-7-17-8-9-21-14(17)20;3-2(4,5)1(6)7/h2-4,6H,5,7-9H2,1H3,(H,15,19);(H,6,7). The summed E-state index contributed by atoms with van der Waals surface area (Å²) < 4.78 is 38.3. The minimum absolute atomic E-state index is 0.196. The second-order valence-electron chi connectivity index (χ2n) is 5.63. The van der Waals surface area contributed by atoms with Gasteiger partial charge in [0, 0.05) is 19.3 Å². The molecule has 1 fully saturated rings. The monoisotopic (exact) mass is 402 g/mol. The number of amides is 2. The number of hydrogen-bond acceptors (Lipinski definition) is 5. The van der Waals surface area contributed by atoms with Crippen LogP contribution in [0, 0.1) is 6.92 Å². The number of rotatable bonds is 4. The topological polar surface area (TPSA) is 113 Å². The molecule has 2 N–H and O–H groups in total. The fraction of sp³-hybridized carbons (Fsp3) is 0.375. The summed E-state index contributed by atoms with van der Waals surface area (Å²) in [5, 5.41) is 9.94. The predicted octanol–water partition coefficient (Wildman–Crippen LogP) is 1.46. The first-order valence-corrected chi connectivity index (χ1v) is 8.05. The summed E-state index contributed by atoms with van der Waals surface area (Å²) >= 11 is 0. The molecule has 1 aliphatic rings. The first kappa shape index (κ1) is 21.0. The van der Waals surface area contributed by atoms with Crippen LogP contribution in [0.2, 0.25) is 0 Å². The van der Waals surface area contributed by atoms with E-state index in [1.165, 1.54) is 0 Å². The molecule has 1 saturated heterocycles. The lowest BCUT2D eigenvalue weighted by molar-refractivity contribution is -0.192. The Hall–Kier alpha value is -3.31. The van der Waals surface area contributed by atoms with Crippen molar-refractivity contribution in [3.63, 3.8) is 0 Å². The molecule has 0 spiro atoms. The summed E-state index contributed by atoms with van der Waals surface area (Å²) in [5.41, 5.74) is 1.94. The molecule has 152 valence electrons. The van der Waals surface area contributed by atoms with E-state index in [4.69, 9.17) is 14.6 Å². The van der Waals surface area contributed by atoms with Gasteiger partial charge in [0.25, 0.3) is 5.91 Å². The highest BCUT2D eigenvalue weighted by Crippen LogP contribution is 2.13. The normalized spacial score (nSPS) is 13.7. The molecule has 0 aromatic carbocycles. The van der Waals surface area contributed by atoms with Gasteiger partial charge in [0.1, 0.15) is 17.9 Å². The number of aromatic nitrogens is 2. The summed E-state index contributed by atoms with van der Waals surface area (Å²) in [6.07, 6.45) is -3.60. The number of fused-ring (bicyclic) bond motifs is 1. The average molecular weight is 402 g/mol. The third-order valence-electron chi connectivity index (χ3n) is 3.67. The largest absolute Gasteiger partial charge is 0.490 e. The number of aryl methyl sites for hydroxylation is 1. The fourth-order valence-corrected chi connectivity index (χ4v) is 2.40. The molecule has 2 aromatic rings. The summed E-state index contributed by atoms with van der Waals surface area (Å²) in [4.78, 5) is 38.4. The van der Waals surface area contributed by atoms with E-state index < -0.39 is 12.1 Å². The van der Waals surface area contributed by atoms with Crippen LogP contribution in [0.5, 0.6) is 0 Å². The molecular weight excluding hydrogens is 385 g/mol. The van der Waals surface area contributed by atoms with Crippen molar-refractivity contribution in [3.05, 3.63) is 35.8 Å². The maximum Gasteiger partial charge on any atom is 0.490 e. The number of hydrogen-bond donors (Lipinski definition) is 2. The Morgan fingerprint density at radius 3 is 2.61 bits per heavy atom. The first-order valence-electron chi connectivity index (χ1n) is 8.05. The van der Waals surface area contributed by atoms with Crippen LogP contribution in [0.15, 0.2) is 24.4 Å². The van der Waals surface area contributed by atoms with Crippen LogP contribution < -0.4 is 5.32 Å². The highest BCUT2D eigenvalue weighted by Gasteiger charge is 2.38. The van der Waals surface area contributed by atoms with Crippen molar-refractivity contribution in [1.29, 1.82) is 0 Å². The highest BCUT2D eigenvalue weighted by atomic mass is 19.4. The van der Waals surface area contributed by atoms with Gasteiger partial charge in [0.05, 0.1) is 12.2 Å². The smallest absolute Gasteiger partial charge is 0.475 e. The Morgan fingerprint density at radius 1 is 1.36 bits per heavy atom. The van der Waals surface area contributed by atoms with Crippen molar-refractivity contribution in [3.8, 4) is 0 Å². The van der Waals surface area contributed by atoms with Crippen LogP contribution in [0.3, 0.4) is 0 Å². The van der Waals surface area contributed by atoms with Crippen molar-refractivity contribution < 1.29 is 37.4 Å². The summed E-state index contributed by atoms with van der Waals surface area (Å²) in [6.45, 7) is 3.62. The quantitative estimate of drug-likeness (QED) is 0.801. The van der Waals surface area contributed by atoms with Crippen molar-refractivity contribution in [2.24, 2.45) is 0 Å². The fourth-order valence-electron chi connectivity index (χ4n) is 2.40.